The first kappa shape index (κ1) is 10.3. The van der Waals surface area contributed by atoms with Gasteiger partial charge in [0.05, 0.1) is 10.7 Å². The van der Waals surface area contributed by atoms with E-state index >= 15 is 0 Å². The largest absolute Gasteiger partial charge is 0.398 e. The summed E-state index contributed by atoms with van der Waals surface area (Å²) in [6.45, 7) is 1.70. The Kier molecular flexibility index (Phi) is 2.82. The van der Waals surface area contributed by atoms with Gasteiger partial charge in [-0.05, 0) is 31.0 Å². The second-order valence-corrected chi connectivity index (χ2v) is 4.14. The van der Waals surface area contributed by atoms with E-state index in [1.54, 1.807) is 18.2 Å². The molecular weight excluding hydrogens is 212 g/mol. The number of carbonyl (C=O) groups is 1. The molecule has 0 aromatic heterocycles. The molecule has 1 aliphatic rings. The lowest BCUT2D eigenvalue weighted by Gasteiger charge is -2.15. The van der Waals surface area contributed by atoms with Gasteiger partial charge in [0.15, 0.2) is 0 Å². The molecule has 1 heterocycles. The fourth-order valence-electron chi connectivity index (χ4n) is 1.78. The molecule has 1 aromatic rings. The fraction of sp³-hybridized carbons (Fsp3) is 0.364. The highest BCUT2D eigenvalue weighted by atomic mass is 35.5. The zero-order valence-corrected chi connectivity index (χ0v) is 9.13. The van der Waals surface area contributed by atoms with Gasteiger partial charge in [-0.3, -0.25) is 4.79 Å². The number of amides is 1. The summed E-state index contributed by atoms with van der Waals surface area (Å²) in [7, 11) is 0. The molecule has 0 unspecified atom stereocenters. The Morgan fingerprint density at radius 1 is 1.33 bits per heavy atom. The average molecular weight is 225 g/mol. The smallest absolute Gasteiger partial charge is 0.253 e. The molecule has 80 valence electrons. The van der Waals surface area contributed by atoms with Crippen molar-refractivity contribution in [1.82, 2.24) is 4.90 Å². The van der Waals surface area contributed by atoms with Crippen molar-refractivity contribution in [3.63, 3.8) is 0 Å². The lowest BCUT2D eigenvalue weighted by Crippen LogP contribution is -2.27. The van der Waals surface area contributed by atoms with Crippen LogP contribution in [0.2, 0.25) is 5.02 Å². The molecule has 0 saturated carbocycles. The van der Waals surface area contributed by atoms with Crippen molar-refractivity contribution >= 4 is 23.2 Å². The Bertz CT molecular complexity index is 386. The van der Waals surface area contributed by atoms with Gasteiger partial charge in [0.1, 0.15) is 0 Å². The highest BCUT2D eigenvalue weighted by Crippen LogP contribution is 2.21. The van der Waals surface area contributed by atoms with E-state index in [2.05, 4.69) is 0 Å². The van der Waals surface area contributed by atoms with Crippen LogP contribution in [0.1, 0.15) is 23.2 Å². The van der Waals surface area contributed by atoms with Crippen LogP contribution in [-0.4, -0.2) is 23.9 Å². The van der Waals surface area contributed by atoms with Crippen molar-refractivity contribution in [2.24, 2.45) is 0 Å². The third-order valence-corrected chi connectivity index (χ3v) is 2.98. The van der Waals surface area contributed by atoms with Crippen molar-refractivity contribution < 1.29 is 4.79 Å². The zero-order chi connectivity index (χ0) is 10.8. The molecule has 2 rings (SSSR count). The summed E-state index contributed by atoms with van der Waals surface area (Å²) >= 11 is 5.80. The van der Waals surface area contributed by atoms with Gasteiger partial charge in [-0.1, -0.05) is 11.6 Å². The van der Waals surface area contributed by atoms with Gasteiger partial charge in [-0.15, -0.1) is 0 Å². The molecule has 15 heavy (non-hydrogen) atoms. The summed E-state index contributed by atoms with van der Waals surface area (Å²) in [4.78, 5) is 13.8. The third kappa shape index (κ3) is 2.07. The molecule has 2 N–H and O–H groups in total. The van der Waals surface area contributed by atoms with E-state index in [-0.39, 0.29) is 5.91 Å². The van der Waals surface area contributed by atoms with Gasteiger partial charge in [-0.25, -0.2) is 0 Å². The van der Waals surface area contributed by atoms with E-state index < -0.39 is 0 Å². The predicted molar refractivity (Wildman–Crippen MR) is 61.0 cm³/mol. The number of carbonyl (C=O) groups excluding carboxylic acids is 1. The highest BCUT2D eigenvalue weighted by Gasteiger charge is 2.19. The van der Waals surface area contributed by atoms with Crippen molar-refractivity contribution in [2.45, 2.75) is 12.8 Å². The Hall–Kier alpha value is -1.22. The molecule has 1 aromatic carbocycles. The molecule has 0 bridgehead atoms. The van der Waals surface area contributed by atoms with E-state index in [0.717, 1.165) is 25.9 Å². The van der Waals surface area contributed by atoms with Crippen LogP contribution in [-0.2, 0) is 0 Å². The Morgan fingerprint density at radius 2 is 2.00 bits per heavy atom. The fourth-order valence-corrected chi connectivity index (χ4v) is 1.90. The van der Waals surface area contributed by atoms with E-state index in [9.17, 15) is 4.79 Å². The maximum atomic E-state index is 11.9. The van der Waals surface area contributed by atoms with Crippen molar-refractivity contribution in [3.05, 3.63) is 28.8 Å². The van der Waals surface area contributed by atoms with E-state index in [4.69, 9.17) is 17.3 Å². The molecule has 0 radical (unpaired) electrons. The van der Waals surface area contributed by atoms with Crippen LogP contribution in [0.5, 0.6) is 0 Å². The number of rotatable bonds is 1. The first-order chi connectivity index (χ1) is 7.18. The average Bonchev–Trinajstić information content (AvgIpc) is 2.74. The molecule has 1 fully saturated rings. The first-order valence-corrected chi connectivity index (χ1v) is 5.40. The summed E-state index contributed by atoms with van der Waals surface area (Å²) < 4.78 is 0. The zero-order valence-electron chi connectivity index (χ0n) is 8.37. The molecule has 4 heteroatoms. The number of nitrogen functional groups attached to an aromatic ring is 1. The standard InChI is InChI=1S/C11H13ClN2O/c12-9-4-3-8(7-10(9)13)11(15)14-5-1-2-6-14/h3-4,7H,1-2,5-6,13H2. The second-order valence-electron chi connectivity index (χ2n) is 3.74. The molecule has 0 atom stereocenters. The third-order valence-electron chi connectivity index (χ3n) is 2.64. The summed E-state index contributed by atoms with van der Waals surface area (Å²) in [6, 6.07) is 5.03. The van der Waals surface area contributed by atoms with Gasteiger partial charge in [-0.2, -0.15) is 0 Å². The predicted octanol–water partition coefficient (Wildman–Crippen LogP) is 2.16. The lowest BCUT2D eigenvalue weighted by atomic mass is 10.2. The monoisotopic (exact) mass is 224 g/mol. The van der Waals surface area contributed by atoms with Gasteiger partial charge >= 0.3 is 0 Å². The molecule has 3 nitrogen and oxygen atoms in total. The minimum absolute atomic E-state index is 0.0517. The van der Waals surface area contributed by atoms with Gasteiger partial charge in [0, 0.05) is 18.7 Å². The summed E-state index contributed by atoms with van der Waals surface area (Å²) in [5.74, 6) is 0.0517. The van der Waals surface area contributed by atoms with Crippen LogP contribution in [0.3, 0.4) is 0 Å². The van der Waals surface area contributed by atoms with Gasteiger partial charge in [0.2, 0.25) is 0 Å². The number of anilines is 1. The van der Waals surface area contributed by atoms with Crippen molar-refractivity contribution in [2.75, 3.05) is 18.8 Å². The SMILES string of the molecule is Nc1cc(C(=O)N2CCCC2)ccc1Cl. The number of nitrogens with two attached hydrogens (primary N) is 1. The Balaban J connectivity index is 2.21. The Labute approximate surface area is 93.8 Å². The first-order valence-electron chi connectivity index (χ1n) is 5.03. The summed E-state index contributed by atoms with van der Waals surface area (Å²) in [6.07, 6.45) is 2.18. The van der Waals surface area contributed by atoms with Gasteiger partial charge in [0.25, 0.3) is 5.91 Å². The molecule has 1 amide bonds. The van der Waals surface area contributed by atoms with Crippen LogP contribution in [0, 0.1) is 0 Å². The number of benzene rings is 1. The summed E-state index contributed by atoms with van der Waals surface area (Å²) in [5, 5.41) is 0.493. The number of hydrogen-bond donors (Lipinski definition) is 1. The van der Waals surface area contributed by atoms with Crippen molar-refractivity contribution in [3.8, 4) is 0 Å². The molecule has 0 spiro atoms. The second kappa shape index (κ2) is 4.11. The number of halogens is 1. The molecule has 0 aliphatic carbocycles. The minimum Gasteiger partial charge on any atom is -0.398 e. The lowest BCUT2D eigenvalue weighted by molar-refractivity contribution is 0.0793. The van der Waals surface area contributed by atoms with Crippen molar-refractivity contribution in [1.29, 1.82) is 0 Å². The normalized spacial score (nSPS) is 15.7. The van der Waals surface area contributed by atoms with Crippen LogP contribution in [0.25, 0.3) is 0 Å². The van der Waals surface area contributed by atoms with Crippen LogP contribution >= 0.6 is 11.6 Å². The Morgan fingerprint density at radius 3 is 2.60 bits per heavy atom. The van der Waals surface area contributed by atoms with Gasteiger partial charge < -0.3 is 10.6 Å². The van der Waals surface area contributed by atoms with E-state index in [1.165, 1.54) is 0 Å². The highest BCUT2D eigenvalue weighted by molar-refractivity contribution is 6.33. The van der Waals surface area contributed by atoms with Crippen LogP contribution in [0.4, 0.5) is 5.69 Å². The number of hydrogen-bond acceptors (Lipinski definition) is 2. The van der Waals surface area contributed by atoms with Crippen LogP contribution < -0.4 is 5.73 Å². The van der Waals surface area contributed by atoms with E-state index in [0.29, 0.717) is 16.3 Å². The van der Waals surface area contributed by atoms with Crippen LogP contribution in [0.15, 0.2) is 18.2 Å². The topological polar surface area (TPSA) is 46.3 Å². The van der Waals surface area contributed by atoms with E-state index in [1.807, 2.05) is 4.90 Å². The minimum atomic E-state index is 0.0517. The quantitative estimate of drug-likeness (QED) is 0.743. The summed E-state index contributed by atoms with van der Waals surface area (Å²) in [5.41, 5.74) is 6.74. The molecule has 1 saturated heterocycles. The molecule has 1 aliphatic heterocycles. The number of nitrogens with zero attached hydrogens (tertiary/aromatic N) is 1. The maximum absolute atomic E-state index is 11.9. The number of likely N-dealkylation sites (tertiary alicyclic amines) is 1. The maximum Gasteiger partial charge on any atom is 0.253 e. The molecular formula is C11H13ClN2O.